The Bertz CT molecular complexity index is 2360. The number of aromatic hydroxyl groups is 1. The fourth-order valence-corrected chi connectivity index (χ4v) is 8.78. The van der Waals surface area contributed by atoms with Crippen molar-refractivity contribution in [3.8, 4) is 28.5 Å². The summed E-state index contributed by atoms with van der Waals surface area (Å²) in [6.45, 7) is 5.45. The molecule has 0 spiro atoms. The summed E-state index contributed by atoms with van der Waals surface area (Å²) in [6.07, 6.45) is 3.71. The molecule has 13 nitrogen and oxygen atoms in total. The Kier molecular flexibility index (Phi) is 11.5. The highest BCUT2D eigenvalue weighted by atomic mass is 35.5. The molecule has 0 unspecified atom stereocenters. The van der Waals surface area contributed by atoms with Crippen LogP contribution in [0, 0.1) is 0 Å². The Morgan fingerprint density at radius 2 is 1.64 bits per heavy atom. The van der Waals surface area contributed by atoms with Crippen molar-refractivity contribution in [2.75, 3.05) is 76.7 Å². The average Bonchev–Trinajstić information content (AvgIpc) is 3.96. The summed E-state index contributed by atoms with van der Waals surface area (Å²) in [4.78, 5) is 43.4. The number of hydrogen-bond donors (Lipinski definition) is 1. The maximum absolute atomic E-state index is 15.2. The third-order valence-electron chi connectivity index (χ3n) is 11.9. The van der Waals surface area contributed by atoms with Crippen LogP contribution in [0.2, 0.25) is 0 Å². The number of phenolic OH excluding ortho intramolecular Hbond substituents is 1. The number of ether oxygens (including phenoxy) is 4. The lowest BCUT2D eigenvalue weighted by Crippen LogP contribution is -2.52. The molecule has 1 fully saturated rings. The third kappa shape index (κ3) is 7.71. The van der Waals surface area contributed by atoms with Crippen LogP contribution in [0.25, 0.3) is 11.3 Å². The van der Waals surface area contributed by atoms with Gasteiger partial charge in [-0.05, 0) is 78.1 Å². The molecule has 5 aromatic rings. The van der Waals surface area contributed by atoms with Gasteiger partial charge in [-0.15, -0.1) is 12.4 Å². The predicted molar refractivity (Wildman–Crippen MR) is 227 cm³/mol. The molecule has 308 valence electrons. The number of rotatable bonds is 10. The molecule has 59 heavy (non-hydrogen) atoms. The fraction of sp³-hybridized carbons (Fsp3) is 0.356. The van der Waals surface area contributed by atoms with Gasteiger partial charge in [0, 0.05) is 89.0 Å². The number of anilines is 3. The van der Waals surface area contributed by atoms with Gasteiger partial charge < -0.3 is 38.4 Å². The molecule has 6 heterocycles. The summed E-state index contributed by atoms with van der Waals surface area (Å²) in [7, 11) is 5.57. The van der Waals surface area contributed by atoms with Crippen LogP contribution < -0.4 is 19.3 Å². The Morgan fingerprint density at radius 1 is 0.898 bits per heavy atom. The van der Waals surface area contributed by atoms with Crippen LogP contribution >= 0.6 is 12.4 Å². The van der Waals surface area contributed by atoms with Crippen molar-refractivity contribution < 1.29 is 33.6 Å². The van der Waals surface area contributed by atoms with Crippen molar-refractivity contribution in [1.82, 2.24) is 19.4 Å². The first-order chi connectivity index (χ1) is 28.3. The number of methoxy groups -OCH3 is 1. The Labute approximate surface area is 350 Å². The Morgan fingerprint density at radius 3 is 2.41 bits per heavy atom. The molecule has 14 heteroatoms. The van der Waals surface area contributed by atoms with E-state index in [1.54, 1.807) is 48.5 Å². The highest BCUT2D eigenvalue weighted by molar-refractivity contribution is 6.13. The third-order valence-corrected chi connectivity index (χ3v) is 11.9. The van der Waals surface area contributed by atoms with Crippen molar-refractivity contribution >= 4 is 41.4 Å². The number of hydrogen-bond acceptors (Lipinski definition) is 10. The second-order valence-corrected chi connectivity index (χ2v) is 15.4. The van der Waals surface area contributed by atoms with Gasteiger partial charge in [-0.25, -0.2) is 4.98 Å². The average molecular weight is 821 g/mol. The van der Waals surface area contributed by atoms with Gasteiger partial charge in [-0.1, -0.05) is 24.3 Å². The number of carbonyl (C=O) groups is 2. The molecule has 0 radical (unpaired) electrons. The summed E-state index contributed by atoms with van der Waals surface area (Å²) in [5.74, 6) is 1.64. The van der Waals surface area contributed by atoms with Crippen LogP contribution in [0.1, 0.15) is 43.1 Å². The number of halogens is 1. The van der Waals surface area contributed by atoms with Gasteiger partial charge in [0.1, 0.15) is 11.6 Å². The zero-order valence-corrected chi connectivity index (χ0v) is 34.4. The summed E-state index contributed by atoms with van der Waals surface area (Å²) in [5.41, 5.74) is 7.62. The molecule has 3 aromatic carbocycles. The van der Waals surface area contributed by atoms with E-state index in [4.69, 9.17) is 23.9 Å². The number of aromatic nitrogens is 2. The molecule has 4 aliphatic rings. The van der Waals surface area contributed by atoms with Gasteiger partial charge in [0.05, 0.1) is 42.8 Å². The molecule has 0 saturated carbocycles. The molecule has 4 aliphatic heterocycles. The molecule has 0 aliphatic carbocycles. The largest absolute Gasteiger partial charge is 0.508 e. The van der Waals surface area contributed by atoms with E-state index in [-0.39, 0.29) is 42.8 Å². The number of benzene rings is 3. The molecule has 1 atom stereocenters. The Balaban J connectivity index is 0.00000484. The number of morpholine rings is 1. The monoisotopic (exact) mass is 820 g/mol. The molecule has 2 aromatic heterocycles. The lowest BCUT2D eigenvalue weighted by Gasteiger charge is -2.40. The molecule has 1 saturated heterocycles. The summed E-state index contributed by atoms with van der Waals surface area (Å²) >= 11 is 0. The normalized spacial score (nSPS) is 17.0. The van der Waals surface area contributed by atoms with Crippen molar-refractivity contribution in [1.29, 1.82) is 0 Å². The van der Waals surface area contributed by atoms with Gasteiger partial charge in [0.25, 0.3) is 11.8 Å². The van der Waals surface area contributed by atoms with Gasteiger partial charge in [-0.3, -0.25) is 19.4 Å². The quantitative estimate of drug-likeness (QED) is 0.180. The van der Waals surface area contributed by atoms with Crippen molar-refractivity contribution in [2.24, 2.45) is 7.05 Å². The van der Waals surface area contributed by atoms with E-state index in [0.29, 0.717) is 78.0 Å². The van der Waals surface area contributed by atoms with Gasteiger partial charge >= 0.3 is 0 Å². The van der Waals surface area contributed by atoms with E-state index in [9.17, 15) is 5.11 Å². The van der Waals surface area contributed by atoms with Crippen LogP contribution in [0.4, 0.5) is 17.2 Å². The van der Waals surface area contributed by atoms with Gasteiger partial charge in [0.2, 0.25) is 6.79 Å². The van der Waals surface area contributed by atoms with Crippen molar-refractivity contribution in [2.45, 2.75) is 31.8 Å². The van der Waals surface area contributed by atoms with Crippen LogP contribution in [0.3, 0.4) is 0 Å². The van der Waals surface area contributed by atoms with E-state index in [0.717, 1.165) is 61.7 Å². The van der Waals surface area contributed by atoms with Gasteiger partial charge in [0.15, 0.2) is 11.5 Å². The second-order valence-electron chi connectivity index (χ2n) is 15.4. The van der Waals surface area contributed by atoms with Crippen LogP contribution in [-0.4, -0.2) is 109 Å². The number of nitrogens with zero attached hydrogens (tertiary/aromatic N) is 6. The summed E-state index contributed by atoms with van der Waals surface area (Å²) < 4.78 is 25.0. The second kappa shape index (κ2) is 16.9. The highest BCUT2D eigenvalue weighted by Crippen LogP contribution is 2.42. The predicted octanol–water partition coefficient (Wildman–Crippen LogP) is 6.00. The van der Waals surface area contributed by atoms with Gasteiger partial charge in [-0.2, -0.15) is 0 Å². The standard InChI is InChI=1S/C45H48N6O7.ClH/c1-47-14-12-30-21-33(25-46-43(30)47)51(32-8-10-35(52)11-9-32)45(54)38-22-40(48(2)39(38)13-17-55-3)36-23-41-42(58-28-57-41)24-37(36)44(53)50-26-31-7-5-4-6-29(31)20-34(50)27-49-15-18-56-19-16-49;/h4-11,21-25,34,52H,12-20,26-28H2,1-3H3;1H/t34-;/m0./s1. The highest BCUT2D eigenvalue weighted by Gasteiger charge is 2.36. The summed E-state index contributed by atoms with van der Waals surface area (Å²) in [5, 5.41) is 10.2. The van der Waals surface area contributed by atoms with E-state index >= 15 is 9.59 Å². The lowest BCUT2D eigenvalue weighted by atomic mass is 9.92. The van der Waals surface area contributed by atoms with Crippen LogP contribution in [0.15, 0.2) is 79.0 Å². The molecule has 1 N–H and O–H groups in total. The van der Waals surface area contributed by atoms with E-state index in [1.807, 2.05) is 47.8 Å². The zero-order valence-electron chi connectivity index (χ0n) is 33.6. The molecule has 9 rings (SSSR count). The first kappa shape index (κ1) is 40.2. The summed E-state index contributed by atoms with van der Waals surface area (Å²) in [6, 6.07) is 22.5. The maximum atomic E-state index is 15.2. The first-order valence-corrected chi connectivity index (χ1v) is 19.9. The molecule has 0 bridgehead atoms. The molecule has 2 amide bonds. The number of carbonyl (C=O) groups excluding carboxylic acids is 2. The topological polar surface area (TPSA) is 122 Å². The lowest BCUT2D eigenvalue weighted by molar-refractivity contribution is 0.0193. The van der Waals surface area contributed by atoms with Crippen LogP contribution in [0.5, 0.6) is 17.2 Å². The first-order valence-electron chi connectivity index (χ1n) is 19.9. The minimum absolute atomic E-state index is 0. The maximum Gasteiger partial charge on any atom is 0.264 e. The van der Waals surface area contributed by atoms with E-state index in [2.05, 4.69) is 28.0 Å². The molecular formula is C45H49ClN6O7. The smallest absolute Gasteiger partial charge is 0.264 e. The SMILES string of the molecule is COCCc1c(C(=O)N(c2ccc(O)cc2)c2cnc3c(c2)CCN3C)cc(-c2cc3c(cc2C(=O)N2Cc4ccccc4C[C@H]2CN2CCOCC2)OCO3)n1C.Cl. The number of fused-ring (bicyclic) bond motifs is 3. The van der Waals surface area contributed by atoms with Crippen molar-refractivity contribution in [3.05, 3.63) is 113 Å². The van der Waals surface area contributed by atoms with E-state index < -0.39 is 0 Å². The van der Waals surface area contributed by atoms with Crippen LogP contribution in [-0.2, 0) is 42.3 Å². The minimum Gasteiger partial charge on any atom is -0.508 e. The number of phenols is 1. The fourth-order valence-electron chi connectivity index (χ4n) is 8.78. The Hall–Kier alpha value is -5.60. The number of likely N-dealkylation sites (N-methyl/N-ethyl adjacent to an activating group) is 1. The minimum atomic E-state index is -0.279. The molecular weight excluding hydrogens is 772 g/mol. The number of amides is 2. The van der Waals surface area contributed by atoms with E-state index in [1.165, 1.54) is 5.56 Å². The zero-order chi connectivity index (χ0) is 39.9. The number of pyridine rings is 1. The van der Waals surface area contributed by atoms with Crippen molar-refractivity contribution in [3.63, 3.8) is 0 Å².